The molecular weight excluding hydrogens is 184 g/mol. The van der Waals surface area contributed by atoms with Crippen molar-refractivity contribution in [1.82, 2.24) is 20.1 Å². The molecule has 0 fully saturated rings. The average molecular weight is 200 g/mol. The van der Waals surface area contributed by atoms with Crippen molar-refractivity contribution in [3.05, 3.63) is 12.2 Å². The van der Waals surface area contributed by atoms with Crippen LogP contribution in [0.2, 0.25) is 0 Å². The molecule has 0 aliphatic carbocycles. The van der Waals surface area contributed by atoms with Crippen molar-refractivity contribution in [1.29, 1.82) is 0 Å². The zero-order valence-corrected chi connectivity index (χ0v) is 8.43. The minimum Gasteiger partial charge on any atom is -0.394 e. The summed E-state index contributed by atoms with van der Waals surface area (Å²) < 4.78 is 1.64. The summed E-state index contributed by atoms with van der Waals surface area (Å²) in [5, 5.41) is 25.0. The molecule has 0 amide bonds. The van der Waals surface area contributed by atoms with Crippen LogP contribution in [0.4, 0.5) is 0 Å². The number of aromatic nitrogens is 3. The van der Waals surface area contributed by atoms with Gasteiger partial charge < -0.3 is 15.5 Å². The molecule has 1 aromatic heterocycles. The van der Waals surface area contributed by atoms with Gasteiger partial charge in [0.1, 0.15) is 12.2 Å². The molecule has 0 atom stereocenters. The van der Waals surface area contributed by atoms with Gasteiger partial charge in [0.2, 0.25) is 0 Å². The maximum atomic E-state index is 9.02. The monoisotopic (exact) mass is 200 g/mol. The van der Waals surface area contributed by atoms with Gasteiger partial charge in [-0.3, -0.25) is 4.68 Å². The maximum absolute atomic E-state index is 9.02. The van der Waals surface area contributed by atoms with E-state index in [0.29, 0.717) is 6.54 Å². The second-order valence-electron chi connectivity index (χ2n) is 3.53. The van der Waals surface area contributed by atoms with Crippen LogP contribution >= 0.6 is 0 Å². The van der Waals surface area contributed by atoms with E-state index >= 15 is 0 Å². The van der Waals surface area contributed by atoms with Crippen molar-refractivity contribution in [3.63, 3.8) is 0 Å². The molecule has 0 unspecified atom stereocenters. The molecule has 6 heteroatoms. The van der Waals surface area contributed by atoms with E-state index in [0.717, 1.165) is 5.82 Å². The lowest BCUT2D eigenvalue weighted by atomic mass is 10.1. The number of nitrogens with one attached hydrogen (secondary N) is 1. The van der Waals surface area contributed by atoms with Gasteiger partial charge >= 0.3 is 0 Å². The Balaban J connectivity index is 2.52. The molecule has 1 heterocycles. The minimum absolute atomic E-state index is 0.124. The third kappa shape index (κ3) is 2.50. The van der Waals surface area contributed by atoms with Crippen molar-refractivity contribution in [3.8, 4) is 0 Å². The quantitative estimate of drug-likeness (QED) is 0.547. The predicted octanol–water partition coefficient (Wildman–Crippen LogP) is -1.35. The van der Waals surface area contributed by atoms with Crippen LogP contribution in [-0.2, 0) is 13.6 Å². The Kier molecular flexibility index (Phi) is 3.56. The smallest absolute Gasteiger partial charge is 0.140 e. The lowest BCUT2D eigenvalue weighted by Crippen LogP contribution is -2.48. The van der Waals surface area contributed by atoms with Crippen LogP contribution in [0.5, 0.6) is 0 Å². The molecule has 0 bridgehead atoms. The summed E-state index contributed by atoms with van der Waals surface area (Å²) in [4.78, 5) is 4.01. The highest BCUT2D eigenvalue weighted by Gasteiger charge is 2.21. The van der Waals surface area contributed by atoms with Crippen LogP contribution < -0.4 is 5.32 Å². The second-order valence-corrected chi connectivity index (χ2v) is 3.53. The Morgan fingerprint density at radius 3 is 2.57 bits per heavy atom. The Labute approximate surface area is 82.6 Å². The minimum atomic E-state index is -0.675. The molecule has 0 aliphatic heterocycles. The first kappa shape index (κ1) is 11.1. The van der Waals surface area contributed by atoms with Crippen LogP contribution in [0.1, 0.15) is 12.7 Å². The number of rotatable bonds is 5. The van der Waals surface area contributed by atoms with Crippen LogP contribution in [0, 0.1) is 0 Å². The summed E-state index contributed by atoms with van der Waals surface area (Å²) in [6.07, 6.45) is 1.46. The van der Waals surface area contributed by atoms with E-state index in [-0.39, 0.29) is 13.2 Å². The van der Waals surface area contributed by atoms with Gasteiger partial charge in [-0.1, -0.05) is 0 Å². The van der Waals surface area contributed by atoms with Gasteiger partial charge in [-0.15, -0.1) is 0 Å². The molecular formula is C8H16N4O2. The Morgan fingerprint density at radius 1 is 1.50 bits per heavy atom. The van der Waals surface area contributed by atoms with Crippen molar-refractivity contribution in [2.45, 2.75) is 19.0 Å². The Bertz CT molecular complexity index is 283. The van der Waals surface area contributed by atoms with E-state index in [1.807, 2.05) is 0 Å². The molecule has 0 saturated heterocycles. The fraction of sp³-hybridized carbons (Fsp3) is 0.750. The number of nitrogens with zero attached hydrogens (tertiary/aromatic N) is 3. The van der Waals surface area contributed by atoms with Crippen LogP contribution in [0.15, 0.2) is 6.33 Å². The van der Waals surface area contributed by atoms with E-state index in [4.69, 9.17) is 10.2 Å². The molecule has 0 saturated carbocycles. The van der Waals surface area contributed by atoms with Gasteiger partial charge in [0, 0.05) is 7.05 Å². The topological polar surface area (TPSA) is 83.2 Å². The van der Waals surface area contributed by atoms with E-state index in [1.54, 1.807) is 18.7 Å². The summed E-state index contributed by atoms with van der Waals surface area (Å²) in [5.74, 6) is 0.762. The number of aryl methyl sites for hydroxylation is 1. The van der Waals surface area contributed by atoms with Crippen molar-refractivity contribution in [2.24, 2.45) is 7.05 Å². The van der Waals surface area contributed by atoms with Crippen LogP contribution in [0.25, 0.3) is 0 Å². The first-order chi connectivity index (χ1) is 6.61. The highest BCUT2D eigenvalue weighted by atomic mass is 16.3. The molecule has 0 radical (unpaired) electrons. The van der Waals surface area contributed by atoms with Crippen molar-refractivity contribution >= 4 is 0 Å². The summed E-state index contributed by atoms with van der Waals surface area (Å²) in [6.45, 7) is 1.96. The summed E-state index contributed by atoms with van der Waals surface area (Å²) in [7, 11) is 1.79. The molecule has 14 heavy (non-hydrogen) atoms. The molecule has 0 spiro atoms. The second kappa shape index (κ2) is 4.50. The van der Waals surface area contributed by atoms with E-state index in [9.17, 15) is 0 Å². The molecule has 1 rings (SSSR count). The fourth-order valence-electron chi connectivity index (χ4n) is 0.934. The molecule has 0 aliphatic rings. The summed E-state index contributed by atoms with van der Waals surface area (Å²) in [6, 6.07) is 0. The van der Waals surface area contributed by atoms with E-state index in [1.165, 1.54) is 6.33 Å². The van der Waals surface area contributed by atoms with Crippen LogP contribution in [-0.4, -0.2) is 43.7 Å². The Hall–Kier alpha value is -0.980. The largest absolute Gasteiger partial charge is 0.394 e. The lowest BCUT2D eigenvalue weighted by molar-refractivity contribution is 0.102. The average Bonchev–Trinajstić information content (AvgIpc) is 2.61. The zero-order valence-electron chi connectivity index (χ0n) is 8.43. The van der Waals surface area contributed by atoms with Gasteiger partial charge in [-0.05, 0) is 6.92 Å². The van der Waals surface area contributed by atoms with Crippen molar-refractivity contribution in [2.75, 3.05) is 13.2 Å². The normalized spacial score (nSPS) is 12.0. The third-order valence-corrected chi connectivity index (χ3v) is 2.18. The Morgan fingerprint density at radius 2 is 2.14 bits per heavy atom. The van der Waals surface area contributed by atoms with E-state index < -0.39 is 5.54 Å². The van der Waals surface area contributed by atoms with Crippen molar-refractivity contribution < 1.29 is 10.2 Å². The van der Waals surface area contributed by atoms with Gasteiger partial charge in [-0.2, -0.15) is 5.10 Å². The SMILES string of the molecule is Cn1ncnc1CNC(C)(CO)CO. The highest BCUT2D eigenvalue weighted by Crippen LogP contribution is 2.02. The molecule has 3 N–H and O–H groups in total. The number of hydrogen-bond acceptors (Lipinski definition) is 5. The first-order valence-corrected chi connectivity index (χ1v) is 4.41. The zero-order chi connectivity index (χ0) is 10.6. The highest BCUT2D eigenvalue weighted by molar-refractivity contribution is 4.88. The summed E-state index contributed by atoms with van der Waals surface area (Å²) >= 11 is 0. The van der Waals surface area contributed by atoms with Gasteiger partial charge in [0.05, 0.1) is 25.3 Å². The standard InChI is InChI=1S/C8H16N4O2/c1-8(4-13,5-14)10-3-7-9-6-11-12(7)2/h6,10,13-14H,3-5H2,1-2H3. The van der Waals surface area contributed by atoms with Gasteiger partial charge in [0.15, 0.2) is 0 Å². The molecule has 6 nitrogen and oxygen atoms in total. The van der Waals surface area contributed by atoms with Gasteiger partial charge in [-0.25, -0.2) is 4.98 Å². The fourth-order valence-corrected chi connectivity index (χ4v) is 0.934. The van der Waals surface area contributed by atoms with Gasteiger partial charge in [0.25, 0.3) is 0 Å². The molecule has 1 aromatic rings. The lowest BCUT2D eigenvalue weighted by Gasteiger charge is -2.25. The van der Waals surface area contributed by atoms with E-state index in [2.05, 4.69) is 15.4 Å². The number of hydrogen-bond donors (Lipinski definition) is 3. The predicted molar refractivity (Wildman–Crippen MR) is 50.4 cm³/mol. The molecule has 80 valence electrons. The number of aliphatic hydroxyl groups excluding tert-OH is 2. The number of aliphatic hydroxyl groups is 2. The summed E-state index contributed by atoms with van der Waals surface area (Å²) in [5.41, 5.74) is -0.675. The first-order valence-electron chi connectivity index (χ1n) is 4.41. The maximum Gasteiger partial charge on any atom is 0.140 e. The van der Waals surface area contributed by atoms with Crippen LogP contribution in [0.3, 0.4) is 0 Å². The third-order valence-electron chi connectivity index (χ3n) is 2.18. The molecule has 0 aromatic carbocycles.